The van der Waals surface area contributed by atoms with Crippen LogP contribution in [0.4, 0.5) is 0 Å². The van der Waals surface area contributed by atoms with E-state index in [1.54, 1.807) is 0 Å². The molecule has 0 aromatic rings. The SMILES string of the molecule is CCCCCCCCC[C@H]1CC[C@H](CO)N1. The molecule has 0 radical (unpaired) electrons. The first-order valence-corrected chi connectivity index (χ1v) is 7.23. The lowest BCUT2D eigenvalue weighted by Gasteiger charge is -2.12. The molecule has 0 aliphatic carbocycles. The van der Waals surface area contributed by atoms with Gasteiger partial charge in [-0.3, -0.25) is 0 Å². The van der Waals surface area contributed by atoms with Gasteiger partial charge in [0.2, 0.25) is 0 Å². The Hall–Kier alpha value is -0.0800. The van der Waals surface area contributed by atoms with Crippen molar-refractivity contribution in [1.82, 2.24) is 5.32 Å². The molecule has 2 heteroatoms. The first-order valence-electron chi connectivity index (χ1n) is 7.23. The molecule has 0 bridgehead atoms. The summed E-state index contributed by atoms with van der Waals surface area (Å²) in [5, 5.41) is 12.5. The highest BCUT2D eigenvalue weighted by molar-refractivity contribution is 4.82. The summed E-state index contributed by atoms with van der Waals surface area (Å²) in [5.74, 6) is 0. The van der Waals surface area contributed by atoms with Crippen LogP contribution in [0, 0.1) is 0 Å². The van der Waals surface area contributed by atoms with E-state index < -0.39 is 0 Å². The summed E-state index contributed by atoms with van der Waals surface area (Å²) in [6.45, 7) is 2.58. The molecule has 0 spiro atoms. The van der Waals surface area contributed by atoms with Crippen LogP contribution in [0.3, 0.4) is 0 Å². The second-order valence-corrected chi connectivity index (χ2v) is 5.23. The average molecular weight is 227 g/mol. The fourth-order valence-corrected chi connectivity index (χ4v) is 2.62. The van der Waals surface area contributed by atoms with Gasteiger partial charge in [0.1, 0.15) is 0 Å². The van der Waals surface area contributed by atoms with E-state index in [4.69, 9.17) is 5.11 Å². The fourth-order valence-electron chi connectivity index (χ4n) is 2.62. The summed E-state index contributed by atoms with van der Waals surface area (Å²) < 4.78 is 0. The second-order valence-electron chi connectivity index (χ2n) is 5.23. The van der Waals surface area contributed by atoms with Gasteiger partial charge >= 0.3 is 0 Å². The van der Waals surface area contributed by atoms with Crippen LogP contribution >= 0.6 is 0 Å². The van der Waals surface area contributed by atoms with Gasteiger partial charge < -0.3 is 10.4 Å². The lowest BCUT2D eigenvalue weighted by molar-refractivity contribution is 0.250. The Balaban J connectivity index is 1.84. The van der Waals surface area contributed by atoms with Crippen LogP contribution in [0.5, 0.6) is 0 Å². The average Bonchev–Trinajstić information content (AvgIpc) is 2.76. The Kier molecular flexibility index (Phi) is 7.87. The van der Waals surface area contributed by atoms with Crippen molar-refractivity contribution in [3.8, 4) is 0 Å². The van der Waals surface area contributed by atoms with E-state index >= 15 is 0 Å². The van der Waals surface area contributed by atoms with Gasteiger partial charge in [-0.05, 0) is 19.3 Å². The van der Waals surface area contributed by atoms with Crippen LogP contribution in [0.1, 0.15) is 71.1 Å². The third kappa shape index (κ3) is 5.86. The number of hydrogen-bond acceptors (Lipinski definition) is 2. The Morgan fingerprint density at radius 1 is 0.938 bits per heavy atom. The molecule has 1 heterocycles. The quantitative estimate of drug-likeness (QED) is 0.593. The summed E-state index contributed by atoms with van der Waals surface area (Å²) in [6.07, 6.45) is 13.5. The van der Waals surface area contributed by atoms with Crippen LogP contribution in [0.15, 0.2) is 0 Å². The molecule has 0 unspecified atom stereocenters. The molecule has 2 atom stereocenters. The monoisotopic (exact) mass is 227 g/mol. The zero-order valence-corrected chi connectivity index (χ0v) is 10.9. The molecule has 1 aliphatic heterocycles. The molecule has 1 saturated heterocycles. The molecule has 1 aliphatic rings. The van der Waals surface area contributed by atoms with Crippen LogP contribution in [0.25, 0.3) is 0 Å². The Morgan fingerprint density at radius 3 is 2.19 bits per heavy atom. The first kappa shape index (κ1) is 14.0. The van der Waals surface area contributed by atoms with Crippen molar-refractivity contribution >= 4 is 0 Å². The van der Waals surface area contributed by atoms with Crippen molar-refractivity contribution in [2.24, 2.45) is 0 Å². The predicted molar refractivity (Wildman–Crippen MR) is 69.6 cm³/mol. The molecule has 0 amide bonds. The largest absolute Gasteiger partial charge is 0.395 e. The summed E-state index contributed by atoms with van der Waals surface area (Å²) in [6, 6.07) is 1.07. The molecule has 2 N–H and O–H groups in total. The predicted octanol–water partition coefficient (Wildman–Crippen LogP) is 3.24. The Labute approximate surface area is 101 Å². The molecule has 96 valence electrons. The van der Waals surface area contributed by atoms with Gasteiger partial charge in [-0.1, -0.05) is 51.9 Å². The summed E-state index contributed by atoms with van der Waals surface area (Å²) in [5.41, 5.74) is 0. The molecule has 1 rings (SSSR count). The summed E-state index contributed by atoms with van der Waals surface area (Å²) in [7, 11) is 0. The molecule has 0 aromatic carbocycles. The molecule has 1 fully saturated rings. The zero-order valence-electron chi connectivity index (χ0n) is 10.9. The summed E-state index contributed by atoms with van der Waals surface area (Å²) in [4.78, 5) is 0. The normalized spacial score (nSPS) is 25.1. The van der Waals surface area contributed by atoms with Crippen LogP contribution in [0.2, 0.25) is 0 Å². The Bertz CT molecular complexity index is 161. The first-order chi connectivity index (χ1) is 7.86. The number of hydrogen-bond donors (Lipinski definition) is 2. The van der Waals surface area contributed by atoms with Crippen LogP contribution in [-0.2, 0) is 0 Å². The van der Waals surface area contributed by atoms with Crippen molar-refractivity contribution in [2.45, 2.75) is 83.2 Å². The maximum atomic E-state index is 9.01. The van der Waals surface area contributed by atoms with E-state index in [2.05, 4.69) is 12.2 Å². The van der Waals surface area contributed by atoms with Crippen molar-refractivity contribution in [2.75, 3.05) is 6.61 Å². The molecule has 16 heavy (non-hydrogen) atoms. The van der Waals surface area contributed by atoms with Gasteiger partial charge in [0.05, 0.1) is 6.61 Å². The van der Waals surface area contributed by atoms with E-state index in [-0.39, 0.29) is 0 Å². The van der Waals surface area contributed by atoms with Gasteiger partial charge in [-0.15, -0.1) is 0 Å². The molecule has 0 aromatic heterocycles. The van der Waals surface area contributed by atoms with Gasteiger partial charge in [0.15, 0.2) is 0 Å². The summed E-state index contributed by atoms with van der Waals surface area (Å²) >= 11 is 0. The van der Waals surface area contributed by atoms with Gasteiger partial charge in [-0.2, -0.15) is 0 Å². The topological polar surface area (TPSA) is 32.3 Å². The minimum atomic E-state index is 0.313. The maximum Gasteiger partial charge on any atom is 0.0584 e. The van der Waals surface area contributed by atoms with Gasteiger partial charge in [0.25, 0.3) is 0 Å². The lowest BCUT2D eigenvalue weighted by Crippen LogP contribution is -2.31. The zero-order chi connectivity index (χ0) is 11.6. The number of nitrogens with one attached hydrogen (secondary N) is 1. The highest BCUT2D eigenvalue weighted by Gasteiger charge is 2.21. The Morgan fingerprint density at radius 2 is 1.56 bits per heavy atom. The highest BCUT2D eigenvalue weighted by atomic mass is 16.3. The van der Waals surface area contributed by atoms with E-state index in [0.29, 0.717) is 18.7 Å². The van der Waals surface area contributed by atoms with E-state index in [1.807, 2.05) is 0 Å². The minimum absolute atomic E-state index is 0.313. The smallest absolute Gasteiger partial charge is 0.0584 e. The molecular weight excluding hydrogens is 198 g/mol. The van der Waals surface area contributed by atoms with Crippen molar-refractivity contribution < 1.29 is 5.11 Å². The number of aliphatic hydroxyl groups excluding tert-OH is 1. The van der Waals surface area contributed by atoms with E-state index in [0.717, 1.165) is 6.42 Å². The van der Waals surface area contributed by atoms with Crippen LogP contribution < -0.4 is 5.32 Å². The third-order valence-electron chi connectivity index (χ3n) is 3.71. The van der Waals surface area contributed by atoms with Crippen molar-refractivity contribution in [1.29, 1.82) is 0 Å². The molecular formula is C14H29NO. The van der Waals surface area contributed by atoms with Gasteiger partial charge in [-0.25, -0.2) is 0 Å². The lowest BCUT2D eigenvalue weighted by atomic mass is 10.0. The number of rotatable bonds is 9. The van der Waals surface area contributed by atoms with Crippen molar-refractivity contribution in [3.63, 3.8) is 0 Å². The van der Waals surface area contributed by atoms with Crippen LogP contribution in [-0.4, -0.2) is 23.8 Å². The van der Waals surface area contributed by atoms with Gasteiger partial charge in [0, 0.05) is 12.1 Å². The third-order valence-corrected chi connectivity index (χ3v) is 3.71. The maximum absolute atomic E-state index is 9.01. The minimum Gasteiger partial charge on any atom is -0.395 e. The van der Waals surface area contributed by atoms with Crippen molar-refractivity contribution in [3.05, 3.63) is 0 Å². The molecule has 2 nitrogen and oxygen atoms in total. The number of unbranched alkanes of at least 4 members (excludes halogenated alkanes) is 6. The van der Waals surface area contributed by atoms with E-state index in [1.165, 1.54) is 57.8 Å². The molecule has 0 saturated carbocycles. The number of aliphatic hydroxyl groups is 1. The van der Waals surface area contributed by atoms with E-state index in [9.17, 15) is 0 Å². The highest BCUT2D eigenvalue weighted by Crippen LogP contribution is 2.18. The second kappa shape index (κ2) is 9.00. The fraction of sp³-hybridized carbons (Fsp3) is 1.00. The standard InChI is InChI=1S/C14H29NO/c1-2-3-4-5-6-7-8-9-13-10-11-14(12-16)15-13/h13-16H,2-12H2,1H3/t13-,14+/m0/s1.